The maximum absolute atomic E-state index is 11.5. The normalized spacial score (nSPS) is 11.3. The molecular weight excluding hydrogens is 270 g/mol. The van der Waals surface area contributed by atoms with Crippen molar-refractivity contribution in [1.29, 1.82) is 0 Å². The number of rotatable bonds is 6. The van der Waals surface area contributed by atoms with Crippen molar-refractivity contribution in [2.24, 2.45) is 5.73 Å². The van der Waals surface area contributed by atoms with Crippen molar-refractivity contribution < 1.29 is 9.72 Å². The van der Waals surface area contributed by atoms with Crippen molar-refractivity contribution in [2.75, 3.05) is 0 Å². The van der Waals surface area contributed by atoms with Gasteiger partial charge in [0.1, 0.15) is 0 Å². The highest BCUT2D eigenvalue weighted by Crippen LogP contribution is 2.17. The minimum atomic E-state index is -0.455. The number of amides is 1. The van der Waals surface area contributed by atoms with Crippen LogP contribution in [0.4, 0.5) is 5.69 Å². The second-order valence-electron chi connectivity index (χ2n) is 4.18. The first kappa shape index (κ1) is 17.3. The van der Waals surface area contributed by atoms with E-state index in [-0.39, 0.29) is 36.6 Å². The van der Waals surface area contributed by atoms with Gasteiger partial charge in [0.25, 0.3) is 5.69 Å². The first-order valence-electron chi connectivity index (χ1n) is 5.75. The second kappa shape index (κ2) is 8.44. The first-order valence-corrected chi connectivity index (χ1v) is 5.75. The van der Waals surface area contributed by atoms with Gasteiger partial charge in [0.15, 0.2) is 0 Å². The summed E-state index contributed by atoms with van der Waals surface area (Å²) in [5.74, 6) is -0.148. The van der Waals surface area contributed by atoms with E-state index < -0.39 is 4.92 Å². The van der Waals surface area contributed by atoms with E-state index in [1.54, 1.807) is 18.2 Å². The van der Waals surface area contributed by atoms with Crippen LogP contribution < -0.4 is 11.1 Å². The van der Waals surface area contributed by atoms with E-state index in [1.165, 1.54) is 6.07 Å². The fourth-order valence-electron chi connectivity index (χ4n) is 1.48. The van der Waals surface area contributed by atoms with Gasteiger partial charge < -0.3 is 11.1 Å². The van der Waals surface area contributed by atoms with E-state index >= 15 is 0 Å². The van der Waals surface area contributed by atoms with Crippen molar-refractivity contribution >= 4 is 24.0 Å². The largest absolute Gasteiger partial charge is 0.352 e. The van der Waals surface area contributed by atoms with Gasteiger partial charge in [0.2, 0.25) is 5.91 Å². The van der Waals surface area contributed by atoms with Crippen molar-refractivity contribution in [2.45, 2.75) is 32.4 Å². The number of nitro groups is 1. The van der Waals surface area contributed by atoms with Gasteiger partial charge in [-0.05, 0) is 13.3 Å². The van der Waals surface area contributed by atoms with Gasteiger partial charge in [-0.25, -0.2) is 0 Å². The molecule has 0 aromatic heterocycles. The molecule has 0 saturated carbocycles. The monoisotopic (exact) mass is 287 g/mol. The maximum atomic E-state index is 11.5. The Hall–Kier alpha value is -1.66. The Morgan fingerprint density at radius 2 is 2.11 bits per heavy atom. The fraction of sp³-hybridized carbons (Fsp3) is 0.417. The fourth-order valence-corrected chi connectivity index (χ4v) is 1.48. The summed E-state index contributed by atoms with van der Waals surface area (Å²) in [7, 11) is 0. The van der Waals surface area contributed by atoms with Gasteiger partial charge in [-0.1, -0.05) is 18.2 Å². The van der Waals surface area contributed by atoms with Gasteiger partial charge in [0.05, 0.1) is 4.92 Å². The lowest BCUT2D eigenvalue weighted by Crippen LogP contribution is -2.25. The van der Waals surface area contributed by atoms with Crippen LogP contribution in [0, 0.1) is 10.1 Å². The predicted octanol–water partition coefficient (Wildman–Crippen LogP) is 1.76. The van der Waals surface area contributed by atoms with E-state index in [9.17, 15) is 14.9 Å². The molecule has 0 aliphatic heterocycles. The Labute approximate surface area is 117 Å². The van der Waals surface area contributed by atoms with Crippen molar-refractivity contribution in [3.63, 3.8) is 0 Å². The molecule has 1 amide bonds. The molecule has 1 unspecified atom stereocenters. The Morgan fingerprint density at radius 3 is 2.68 bits per heavy atom. The van der Waals surface area contributed by atoms with E-state index in [2.05, 4.69) is 5.32 Å². The zero-order chi connectivity index (χ0) is 13.5. The average molecular weight is 288 g/mol. The highest BCUT2D eigenvalue weighted by molar-refractivity contribution is 5.85. The Morgan fingerprint density at radius 1 is 1.47 bits per heavy atom. The Balaban J connectivity index is 0.00000324. The maximum Gasteiger partial charge on any atom is 0.274 e. The molecule has 0 spiro atoms. The molecule has 0 saturated heterocycles. The number of benzene rings is 1. The predicted molar refractivity (Wildman–Crippen MR) is 75.1 cm³/mol. The lowest BCUT2D eigenvalue weighted by atomic mass is 10.1. The van der Waals surface area contributed by atoms with Crippen molar-refractivity contribution in [3.8, 4) is 0 Å². The molecule has 0 heterocycles. The third-order valence-corrected chi connectivity index (χ3v) is 2.49. The SMILES string of the molecule is CC(N)CCC(=O)NCc1ccccc1[N+](=O)[O-].Cl. The standard InChI is InChI=1S/C12H17N3O3.ClH/c1-9(13)6-7-12(16)14-8-10-4-2-3-5-11(10)15(17)18;/h2-5,9H,6-8,13H2,1H3,(H,14,16);1H. The lowest BCUT2D eigenvalue weighted by Gasteiger charge is -2.07. The van der Waals surface area contributed by atoms with E-state index in [4.69, 9.17) is 5.73 Å². The number of nitrogens with two attached hydrogens (primary N) is 1. The molecule has 7 heteroatoms. The number of nitrogens with zero attached hydrogens (tertiary/aromatic N) is 1. The summed E-state index contributed by atoms with van der Waals surface area (Å²) < 4.78 is 0. The van der Waals surface area contributed by atoms with Crippen LogP contribution in [0.25, 0.3) is 0 Å². The summed E-state index contributed by atoms with van der Waals surface area (Å²) in [6.45, 7) is 1.99. The number of para-hydroxylation sites is 1. The van der Waals surface area contributed by atoms with Crippen LogP contribution in [0.1, 0.15) is 25.3 Å². The van der Waals surface area contributed by atoms with Crippen LogP contribution >= 0.6 is 12.4 Å². The van der Waals surface area contributed by atoms with Gasteiger partial charge in [0, 0.05) is 30.6 Å². The summed E-state index contributed by atoms with van der Waals surface area (Å²) in [5.41, 5.74) is 6.06. The van der Waals surface area contributed by atoms with Crippen LogP contribution in [0.2, 0.25) is 0 Å². The molecule has 0 bridgehead atoms. The molecule has 1 rings (SSSR count). The van der Waals surface area contributed by atoms with E-state index in [0.717, 1.165) is 0 Å². The number of halogens is 1. The molecule has 19 heavy (non-hydrogen) atoms. The summed E-state index contributed by atoms with van der Waals surface area (Å²) in [4.78, 5) is 21.8. The summed E-state index contributed by atoms with van der Waals surface area (Å²) in [6.07, 6.45) is 0.932. The van der Waals surface area contributed by atoms with Crippen LogP contribution in [-0.2, 0) is 11.3 Å². The van der Waals surface area contributed by atoms with Crippen LogP contribution in [0.3, 0.4) is 0 Å². The molecule has 1 atom stereocenters. The lowest BCUT2D eigenvalue weighted by molar-refractivity contribution is -0.385. The minimum Gasteiger partial charge on any atom is -0.352 e. The van der Waals surface area contributed by atoms with E-state index in [1.807, 2.05) is 6.92 Å². The zero-order valence-electron chi connectivity index (χ0n) is 10.7. The molecule has 3 N–H and O–H groups in total. The third kappa shape index (κ3) is 6.17. The zero-order valence-corrected chi connectivity index (χ0v) is 11.5. The van der Waals surface area contributed by atoms with Gasteiger partial charge >= 0.3 is 0 Å². The third-order valence-electron chi connectivity index (χ3n) is 2.49. The molecule has 1 aromatic rings. The Bertz CT molecular complexity index is 438. The molecular formula is C12H18ClN3O3. The van der Waals surface area contributed by atoms with Gasteiger partial charge in [-0.2, -0.15) is 0 Å². The molecule has 0 aliphatic carbocycles. The topological polar surface area (TPSA) is 98.3 Å². The molecule has 0 aliphatic rings. The van der Waals surface area contributed by atoms with Crippen molar-refractivity contribution in [3.05, 3.63) is 39.9 Å². The summed E-state index contributed by atoms with van der Waals surface area (Å²) >= 11 is 0. The number of hydrogen-bond donors (Lipinski definition) is 2. The highest BCUT2D eigenvalue weighted by Gasteiger charge is 2.12. The second-order valence-corrected chi connectivity index (χ2v) is 4.18. The van der Waals surface area contributed by atoms with Crippen molar-refractivity contribution in [1.82, 2.24) is 5.32 Å². The number of nitrogens with one attached hydrogen (secondary N) is 1. The molecule has 1 aromatic carbocycles. The molecule has 0 fully saturated rings. The van der Waals surface area contributed by atoms with Crippen LogP contribution in [-0.4, -0.2) is 16.9 Å². The summed E-state index contributed by atoms with van der Waals surface area (Å²) in [6, 6.07) is 6.32. The van der Waals surface area contributed by atoms with E-state index in [0.29, 0.717) is 18.4 Å². The first-order chi connectivity index (χ1) is 8.50. The summed E-state index contributed by atoms with van der Waals surface area (Å²) in [5, 5.41) is 13.4. The molecule has 0 radical (unpaired) electrons. The minimum absolute atomic E-state index is 0. The number of hydrogen-bond acceptors (Lipinski definition) is 4. The van der Waals surface area contributed by atoms with Crippen LogP contribution in [0.5, 0.6) is 0 Å². The van der Waals surface area contributed by atoms with Gasteiger partial charge in [-0.3, -0.25) is 14.9 Å². The number of nitro benzene ring substituents is 1. The quantitative estimate of drug-likeness (QED) is 0.615. The Kier molecular flexibility index (Phi) is 7.71. The molecule has 106 valence electrons. The molecule has 6 nitrogen and oxygen atoms in total. The van der Waals surface area contributed by atoms with Crippen LogP contribution in [0.15, 0.2) is 24.3 Å². The van der Waals surface area contributed by atoms with Gasteiger partial charge in [-0.15, -0.1) is 12.4 Å². The smallest absolute Gasteiger partial charge is 0.274 e. The highest BCUT2D eigenvalue weighted by atomic mass is 35.5. The average Bonchev–Trinajstić information content (AvgIpc) is 2.34. The number of carbonyl (C=O) groups is 1. The number of carbonyl (C=O) groups excluding carboxylic acids is 1.